The van der Waals surface area contributed by atoms with Gasteiger partial charge in [-0.25, -0.2) is 3.11 Å². The number of rotatable bonds is 3. The zero-order chi connectivity index (χ0) is 10.2. The highest BCUT2D eigenvalue weighted by Gasteiger charge is 2.37. The molecule has 1 saturated carbocycles. The van der Waals surface area contributed by atoms with Crippen molar-refractivity contribution in [2.75, 3.05) is 26.7 Å². The van der Waals surface area contributed by atoms with E-state index in [1.165, 1.54) is 12.8 Å². The summed E-state index contributed by atoms with van der Waals surface area (Å²) in [5.74, 6) is 0. The first-order valence-corrected chi connectivity index (χ1v) is 6.39. The molecule has 1 aliphatic heterocycles. The van der Waals surface area contributed by atoms with Crippen molar-refractivity contribution >= 4 is 22.9 Å². The van der Waals surface area contributed by atoms with Gasteiger partial charge in [0.1, 0.15) is 0 Å². The summed E-state index contributed by atoms with van der Waals surface area (Å²) in [6.45, 7) is 2.79. The number of hydrogen-bond donors (Lipinski definition) is 1. The van der Waals surface area contributed by atoms with Crippen LogP contribution in [0.4, 0.5) is 0 Å². The minimum Gasteiger partial charge on any atom is -0.387 e. The Kier molecular flexibility index (Phi) is 3.36. The number of likely N-dealkylation sites (N-methyl/N-ethyl adjacent to an activating group) is 1. The molecule has 0 bridgehead atoms. The Morgan fingerprint density at radius 2 is 2.29 bits per heavy atom. The summed E-state index contributed by atoms with van der Waals surface area (Å²) >= 11 is 2.32. The van der Waals surface area contributed by atoms with Crippen LogP contribution in [0.2, 0.25) is 0 Å². The molecule has 1 aliphatic carbocycles. The average Bonchev–Trinajstić information content (AvgIpc) is 2.83. The molecule has 14 heavy (non-hydrogen) atoms. The molecular formula is C10H19IN2O. The summed E-state index contributed by atoms with van der Waals surface area (Å²) in [6, 6.07) is 0.753. The van der Waals surface area contributed by atoms with Crippen molar-refractivity contribution in [3.63, 3.8) is 0 Å². The predicted octanol–water partition coefficient (Wildman–Crippen LogP) is 1.26. The Bertz CT molecular complexity index is 210. The SMILES string of the molecule is CN(C[C@@]1(O)CCCN(I)C1)C1CC1. The van der Waals surface area contributed by atoms with Crippen molar-refractivity contribution in [3.8, 4) is 0 Å². The van der Waals surface area contributed by atoms with E-state index < -0.39 is 5.60 Å². The Hall–Kier alpha value is 0.610. The van der Waals surface area contributed by atoms with Crippen molar-refractivity contribution in [1.29, 1.82) is 0 Å². The molecule has 2 aliphatic rings. The number of β-amino-alcohol motifs (C(OH)–C–C–N with tert-alkyl or cyclic N) is 1. The molecule has 0 spiro atoms. The molecule has 0 unspecified atom stereocenters. The fraction of sp³-hybridized carbons (Fsp3) is 1.00. The quantitative estimate of drug-likeness (QED) is 0.628. The summed E-state index contributed by atoms with van der Waals surface area (Å²) in [5, 5.41) is 10.4. The van der Waals surface area contributed by atoms with Crippen LogP contribution in [0.1, 0.15) is 25.7 Å². The smallest absolute Gasteiger partial charge is 0.0908 e. The third kappa shape index (κ3) is 2.81. The first-order chi connectivity index (χ1) is 6.59. The van der Waals surface area contributed by atoms with Crippen LogP contribution in [-0.4, -0.2) is 51.4 Å². The molecule has 2 fully saturated rings. The van der Waals surface area contributed by atoms with E-state index in [1.54, 1.807) is 0 Å². The summed E-state index contributed by atoms with van der Waals surface area (Å²) in [7, 11) is 2.14. The predicted molar refractivity (Wildman–Crippen MR) is 65.4 cm³/mol. The standard InChI is InChI=1S/C10H19IN2O/c1-12(9-3-4-9)7-10(14)5-2-6-13(11)8-10/h9,14H,2-8H2,1H3/t10-/m0/s1. The lowest BCUT2D eigenvalue weighted by molar-refractivity contribution is -0.0259. The topological polar surface area (TPSA) is 26.7 Å². The van der Waals surface area contributed by atoms with Gasteiger partial charge in [-0.05, 0) is 32.7 Å². The molecule has 1 N–H and O–H groups in total. The highest BCUT2D eigenvalue weighted by Crippen LogP contribution is 2.30. The van der Waals surface area contributed by atoms with Crippen molar-refractivity contribution in [3.05, 3.63) is 0 Å². The van der Waals surface area contributed by atoms with Crippen LogP contribution in [0.25, 0.3) is 0 Å². The first kappa shape index (κ1) is 11.1. The molecule has 82 valence electrons. The second kappa shape index (κ2) is 4.23. The van der Waals surface area contributed by atoms with E-state index in [-0.39, 0.29) is 0 Å². The van der Waals surface area contributed by atoms with Gasteiger partial charge in [-0.2, -0.15) is 0 Å². The van der Waals surface area contributed by atoms with E-state index in [0.717, 1.165) is 38.5 Å². The molecule has 0 aromatic rings. The van der Waals surface area contributed by atoms with Crippen LogP contribution < -0.4 is 0 Å². The maximum Gasteiger partial charge on any atom is 0.0908 e. The Morgan fingerprint density at radius 3 is 2.86 bits per heavy atom. The van der Waals surface area contributed by atoms with E-state index >= 15 is 0 Å². The highest BCUT2D eigenvalue weighted by atomic mass is 127. The van der Waals surface area contributed by atoms with E-state index in [1.807, 2.05) is 0 Å². The van der Waals surface area contributed by atoms with Gasteiger partial charge in [0.05, 0.1) is 5.60 Å². The fourth-order valence-electron chi connectivity index (χ4n) is 2.29. The van der Waals surface area contributed by atoms with Gasteiger partial charge in [-0.15, -0.1) is 0 Å². The monoisotopic (exact) mass is 310 g/mol. The molecule has 0 amide bonds. The number of hydrogen-bond acceptors (Lipinski definition) is 3. The maximum absolute atomic E-state index is 10.4. The van der Waals surface area contributed by atoms with Crippen LogP contribution in [0.15, 0.2) is 0 Å². The van der Waals surface area contributed by atoms with Crippen LogP contribution in [-0.2, 0) is 0 Å². The van der Waals surface area contributed by atoms with Crippen molar-refractivity contribution < 1.29 is 5.11 Å². The van der Waals surface area contributed by atoms with Gasteiger partial charge in [-0.1, -0.05) is 0 Å². The minimum absolute atomic E-state index is 0.462. The normalized spacial score (nSPS) is 35.1. The number of halogens is 1. The number of aliphatic hydroxyl groups is 1. The van der Waals surface area contributed by atoms with Gasteiger partial charge >= 0.3 is 0 Å². The van der Waals surface area contributed by atoms with Crippen molar-refractivity contribution in [2.24, 2.45) is 0 Å². The molecule has 1 saturated heterocycles. The van der Waals surface area contributed by atoms with E-state index in [0.29, 0.717) is 0 Å². The second-order valence-corrected chi connectivity index (χ2v) is 6.18. The zero-order valence-corrected chi connectivity index (χ0v) is 10.9. The Balaban J connectivity index is 1.86. The third-order valence-electron chi connectivity index (χ3n) is 3.22. The summed E-state index contributed by atoms with van der Waals surface area (Å²) in [6.07, 6.45) is 4.72. The third-order valence-corrected chi connectivity index (χ3v) is 4.05. The van der Waals surface area contributed by atoms with Gasteiger partial charge in [0.25, 0.3) is 0 Å². The summed E-state index contributed by atoms with van der Waals surface area (Å²) in [5.41, 5.74) is -0.462. The van der Waals surface area contributed by atoms with Gasteiger partial charge < -0.3 is 10.0 Å². The molecule has 1 heterocycles. The lowest BCUT2D eigenvalue weighted by atomic mass is 9.94. The molecule has 3 nitrogen and oxygen atoms in total. The first-order valence-electron chi connectivity index (χ1n) is 5.42. The largest absolute Gasteiger partial charge is 0.387 e. The molecule has 0 aromatic carbocycles. The Labute approximate surface area is 99.9 Å². The molecule has 4 heteroatoms. The van der Waals surface area contributed by atoms with Gasteiger partial charge in [0.15, 0.2) is 0 Å². The van der Waals surface area contributed by atoms with Gasteiger partial charge in [-0.3, -0.25) is 0 Å². The molecular weight excluding hydrogens is 291 g/mol. The molecule has 0 aromatic heterocycles. The summed E-state index contributed by atoms with van der Waals surface area (Å²) < 4.78 is 2.21. The zero-order valence-electron chi connectivity index (χ0n) is 8.75. The van der Waals surface area contributed by atoms with Crippen molar-refractivity contribution in [1.82, 2.24) is 8.01 Å². The average molecular weight is 310 g/mol. The lowest BCUT2D eigenvalue weighted by Gasteiger charge is -2.38. The number of piperidine rings is 1. The summed E-state index contributed by atoms with van der Waals surface area (Å²) in [4.78, 5) is 2.33. The lowest BCUT2D eigenvalue weighted by Crippen LogP contribution is -2.51. The maximum atomic E-state index is 10.4. The fourth-order valence-corrected chi connectivity index (χ4v) is 3.27. The van der Waals surface area contributed by atoms with E-state index in [4.69, 9.17) is 0 Å². The van der Waals surface area contributed by atoms with E-state index in [2.05, 4.69) is 37.9 Å². The van der Waals surface area contributed by atoms with Crippen LogP contribution in [0, 0.1) is 0 Å². The number of nitrogens with zero attached hydrogens (tertiary/aromatic N) is 2. The second-order valence-electron chi connectivity index (χ2n) is 4.82. The minimum atomic E-state index is -0.462. The molecule has 0 radical (unpaired) electrons. The molecule has 2 rings (SSSR count). The highest BCUT2D eigenvalue weighted by molar-refractivity contribution is 14.1. The van der Waals surface area contributed by atoms with Gasteiger partial charge in [0, 0.05) is 48.5 Å². The van der Waals surface area contributed by atoms with Crippen LogP contribution >= 0.6 is 22.9 Å². The van der Waals surface area contributed by atoms with Crippen LogP contribution in [0.5, 0.6) is 0 Å². The van der Waals surface area contributed by atoms with Crippen molar-refractivity contribution in [2.45, 2.75) is 37.3 Å². The van der Waals surface area contributed by atoms with Gasteiger partial charge in [0.2, 0.25) is 0 Å². The Morgan fingerprint density at radius 1 is 1.57 bits per heavy atom. The van der Waals surface area contributed by atoms with E-state index in [9.17, 15) is 5.11 Å². The molecule has 1 atom stereocenters. The van der Waals surface area contributed by atoms with Crippen LogP contribution in [0.3, 0.4) is 0 Å².